The van der Waals surface area contributed by atoms with Crippen LogP contribution in [0.25, 0.3) is 0 Å². The van der Waals surface area contributed by atoms with Crippen molar-refractivity contribution >= 4 is 21.6 Å². The Morgan fingerprint density at radius 3 is 2.32 bits per heavy atom. The Morgan fingerprint density at radius 1 is 1.13 bits per heavy atom. The highest BCUT2D eigenvalue weighted by atomic mass is 32.2. The number of rotatable bonds is 4. The number of likely N-dealkylation sites (tertiary alicyclic amines) is 1. The second kappa shape index (κ2) is 8.45. The van der Waals surface area contributed by atoms with E-state index in [0.29, 0.717) is 57.6 Å². The largest absolute Gasteiger partial charge is 0.347 e. The standard InChI is InChI=1S/C20H27N3O7S/c1-15-2-3-17(23(25)26)14-18(15)31(27,28)22-8-4-16(5-9-22)19(24)21-10-6-20(7-11-21)29-12-13-30-20/h2-3,14,16H,4-13H2,1H3. The lowest BCUT2D eigenvalue weighted by Gasteiger charge is -2.40. The van der Waals surface area contributed by atoms with E-state index in [-0.39, 0.29) is 35.5 Å². The average molecular weight is 454 g/mol. The lowest BCUT2D eigenvalue weighted by molar-refractivity contribution is -0.385. The number of nitro benzene ring substituents is 1. The Hall–Kier alpha value is -2.08. The molecule has 0 saturated carbocycles. The van der Waals surface area contributed by atoms with Gasteiger partial charge in [-0.25, -0.2) is 8.42 Å². The number of hydrogen-bond donors (Lipinski definition) is 0. The number of hydrogen-bond acceptors (Lipinski definition) is 7. The van der Waals surface area contributed by atoms with Gasteiger partial charge in [0, 0.05) is 57.1 Å². The Bertz CT molecular complexity index is 957. The minimum Gasteiger partial charge on any atom is -0.347 e. The topological polar surface area (TPSA) is 119 Å². The highest BCUT2D eigenvalue weighted by Crippen LogP contribution is 2.33. The molecule has 0 bridgehead atoms. The number of sulfonamides is 1. The SMILES string of the molecule is Cc1ccc([N+](=O)[O-])cc1S(=O)(=O)N1CCC(C(=O)N2CCC3(CC2)OCCO3)CC1. The van der Waals surface area contributed by atoms with Gasteiger partial charge in [-0.15, -0.1) is 0 Å². The van der Waals surface area contributed by atoms with Crippen molar-refractivity contribution in [2.45, 2.75) is 43.3 Å². The Balaban J connectivity index is 1.38. The molecule has 0 radical (unpaired) electrons. The predicted octanol–water partition coefficient (Wildman–Crippen LogP) is 1.67. The van der Waals surface area contributed by atoms with Crippen molar-refractivity contribution in [3.63, 3.8) is 0 Å². The lowest BCUT2D eigenvalue weighted by Crippen LogP contribution is -2.50. The van der Waals surface area contributed by atoms with Crippen LogP contribution in [-0.2, 0) is 24.3 Å². The molecule has 4 rings (SSSR count). The summed E-state index contributed by atoms with van der Waals surface area (Å²) in [6.45, 7) is 4.37. The van der Waals surface area contributed by atoms with Gasteiger partial charge in [-0.3, -0.25) is 14.9 Å². The molecule has 0 aliphatic carbocycles. The molecule has 0 atom stereocenters. The summed E-state index contributed by atoms with van der Waals surface area (Å²) >= 11 is 0. The first-order valence-electron chi connectivity index (χ1n) is 10.5. The fourth-order valence-corrected chi connectivity index (χ4v) is 6.29. The van der Waals surface area contributed by atoms with Crippen molar-refractivity contribution in [1.82, 2.24) is 9.21 Å². The molecule has 0 aromatic heterocycles. The van der Waals surface area contributed by atoms with Crippen LogP contribution in [0, 0.1) is 23.0 Å². The van der Waals surface area contributed by atoms with Crippen LogP contribution in [-0.4, -0.2) is 73.6 Å². The van der Waals surface area contributed by atoms with Crippen molar-refractivity contribution in [3.8, 4) is 0 Å². The zero-order valence-corrected chi connectivity index (χ0v) is 18.3. The first-order chi connectivity index (χ1) is 14.7. The number of non-ortho nitro benzene ring substituents is 1. The van der Waals surface area contributed by atoms with Crippen molar-refractivity contribution in [1.29, 1.82) is 0 Å². The number of nitrogens with zero attached hydrogens (tertiary/aromatic N) is 3. The van der Waals surface area contributed by atoms with Crippen molar-refractivity contribution < 1.29 is 27.6 Å². The van der Waals surface area contributed by atoms with E-state index in [1.54, 1.807) is 6.92 Å². The molecule has 10 nitrogen and oxygen atoms in total. The summed E-state index contributed by atoms with van der Waals surface area (Å²) in [4.78, 5) is 25.2. The molecule has 3 aliphatic heterocycles. The summed E-state index contributed by atoms with van der Waals surface area (Å²) < 4.78 is 38.9. The molecule has 1 spiro atoms. The molecule has 3 aliphatic rings. The number of carbonyl (C=O) groups is 1. The fourth-order valence-electron chi connectivity index (χ4n) is 4.57. The second-order valence-corrected chi connectivity index (χ2v) is 10.2. The van der Waals surface area contributed by atoms with Gasteiger partial charge < -0.3 is 14.4 Å². The van der Waals surface area contributed by atoms with Crippen LogP contribution < -0.4 is 0 Å². The first kappa shape index (κ1) is 22.1. The van der Waals surface area contributed by atoms with Crippen LogP contribution in [0.1, 0.15) is 31.2 Å². The van der Waals surface area contributed by atoms with E-state index >= 15 is 0 Å². The molecule has 31 heavy (non-hydrogen) atoms. The third kappa shape index (κ3) is 4.32. The van der Waals surface area contributed by atoms with Gasteiger partial charge >= 0.3 is 0 Å². The van der Waals surface area contributed by atoms with Crippen molar-refractivity contribution in [2.75, 3.05) is 39.4 Å². The fraction of sp³-hybridized carbons (Fsp3) is 0.650. The van der Waals surface area contributed by atoms with E-state index in [1.165, 1.54) is 16.4 Å². The molecule has 1 amide bonds. The van der Waals surface area contributed by atoms with Gasteiger partial charge in [0.05, 0.1) is 23.0 Å². The third-order valence-corrected chi connectivity index (χ3v) is 8.49. The molecule has 3 saturated heterocycles. The molecule has 11 heteroatoms. The molecule has 3 fully saturated rings. The number of aryl methyl sites for hydroxylation is 1. The second-order valence-electron chi connectivity index (χ2n) is 8.32. The maximum absolute atomic E-state index is 13.1. The smallest absolute Gasteiger partial charge is 0.270 e. The summed E-state index contributed by atoms with van der Waals surface area (Å²) in [5.41, 5.74) is 0.203. The molecular formula is C20H27N3O7S. The predicted molar refractivity (Wildman–Crippen MR) is 110 cm³/mol. The number of amides is 1. The van der Waals surface area contributed by atoms with Gasteiger partial charge in [0.1, 0.15) is 0 Å². The summed E-state index contributed by atoms with van der Waals surface area (Å²) in [6.07, 6.45) is 2.16. The minimum atomic E-state index is -3.87. The quantitative estimate of drug-likeness (QED) is 0.502. The molecule has 3 heterocycles. The highest BCUT2D eigenvalue weighted by Gasteiger charge is 2.42. The van der Waals surface area contributed by atoms with Crippen molar-refractivity contribution in [3.05, 3.63) is 33.9 Å². The number of piperidine rings is 2. The average Bonchev–Trinajstić information content (AvgIpc) is 3.22. The van der Waals surface area contributed by atoms with Gasteiger partial charge in [0.25, 0.3) is 5.69 Å². The summed E-state index contributed by atoms with van der Waals surface area (Å²) in [7, 11) is -3.87. The van der Waals surface area contributed by atoms with Crippen LogP contribution in [0.5, 0.6) is 0 Å². The normalized spacial score (nSPS) is 22.7. The Morgan fingerprint density at radius 2 is 1.74 bits per heavy atom. The van der Waals surface area contributed by atoms with Crippen molar-refractivity contribution in [2.24, 2.45) is 5.92 Å². The molecule has 0 N–H and O–H groups in total. The van der Waals surface area contributed by atoms with Crippen LogP contribution in [0.4, 0.5) is 5.69 Å². The van der Waals surface area contributed by atoms with E-state index in [2.05, 4.69) is 0 Å². The van der Waals surface area contributed by atoms with Gasteiger partial charge in [-0.2, -0.15) is 4.31 Å². The maximum Gasteiger partial charge on any atom is 0.270 e. The minimum absolute atomic E-state index is 0.0515. The monoisotopic (exact) mass is 453 g/mol. The number of nitro groups is 1. The summed E-state index contributed by atoms with van der Waals surface area (Å²) in [5, 5.41) is 11.1. The third-order valence-electron chi connectivity index (χ3n) is 6.45. The van der Waals surface area contributed by atoms with Gasteiger partial charge in [0.2, 0.25) is 15.9 Å². The van der Waals surface area contributed by atoms with E-state index in [0.717, 1.165) is 6.07 Å². The van der Waals surface area contributed by atoms with Crippen LogP contribution in [0.3, 0.4) is 0 Å². The maximum atomic E-state index is 13.1. The Labute approximate surface area is 181 Å². The lowest BCUT2D eigenvalue weighted by atomic mass is 9.94. The van der Waals surface area contributed by atoms with E-state index in [1.807, 2.05) is 4.90 Å². The number of ether oxygens (including phenoxy) is 2. The van der Waals surface area contributed by atoms with Crippen LogP contribution >= 0.6 is 0 Å². The van der Waals surface area contributed by atoms with Gasteiger partial charge in [-0.1, -0.05) is 6.07 Å². The molecule has 1 aromatic carbocycles. The number of carbonyl (C=O) groups excluding carboxylic acids is 1. The zero-order valence-electron chi connectivity index (χ0n) is 17.5. The van der Waals surface area contributed by atoms with Crippen LogP contribution in [0.2, 0.25) is 0 Å². The van der Waals surface area contributed by atoms with E-state index < -0.39 is 20.7 Å². The van der Waals surface area contributed by atoms with Gasteiger partial charge in [0.15, 0.2) is 5.79 Å². The number of benzene rings is 1. The summed E-state index contributed by atoms with van der Waals surface area (Å²) in [6, 6.07) is 3.85. The van der Waals surface area contributed by atoms with E-state index in [9.17, 15) is 23.3 Å². The molecule has 1 aromatic rings. The molecule has 170 valence electrons. The van der Waals surface area contributed by atoms with E-state index in [4.69, 9.17) is 9.47 Å². The Kier molecular flexibility index (Phi) is 6.03. The highest BCUT2D eigenvalue weighted by molar-refractivity contribution is 7.89. The summed E-state index contributed by atoms with van der Waals surface area (Å²) in [5.74, 6) is -0.710. The molecule has 0 unspecified atom stereocenters. The zero-order chi connectivity index (χ0) is 22.2. The molecular weight excluding hydrogens is 426 g/mol. The first-order valence-corrected chi connectivity index (χ1v) is 12.0. The van der Waals surface area contributed by atoms with Crippen LogP contribution in [0.15, 0.2) is 23.1 Å². The van der Waals surface area contributed by atoms with Gasteiger partial charge in [-0.05, 0) is 25.3 Å².